The largest absolute Gasteiger partial charge is 0.478 e. The quantitative estimate of drug-likeness (QED) is 0.663. The molecule has 0 aliphatic carbocycles. The molecule has 8 nitrogen and oxygen atoms in total. The third-order valence-corrected chi connectivity index (χ3v) is 3.96. The van der Waals surface area contributed by atoms with E-state index in [4.69, 9.17) is 21.1 Å². The van der Waals surface area contributed by atoms with Crippen LogP contribution in [0.5, 0.6) is 0 Å². The molecule has 0 bridgehead atoms. The van der Waals surface area contributed by atoms with E-state index in [1.54, 1.807) is 48.5 Å². The van der Waals surface area contributed by atoms with Crippen LogP contribution in [0.2, 0.25) is 5.02 Å². The summed E-state index contributed by atoms with van der Waals surface area (Å²) in [6.45, 7) is 12.6. The van der Waals surface area contributed by atoms with Crippen molar-refractivity contribution in [1.29, 1.82) is 0 Å². The first kappa shape index (κ1) is 25.6. The maximum absolute atomic E-state index is 12.9. The van der Waals surface area contributed by atoms with Crippen LogP contribution in [0, 0.1) is 0 Å². The molecule has 0 radical (unpaired) electrons. The fourth-order valence-electron chi connectivity index (χ4n) is 2.46. The Labute approximate surface area is 182 Å². The van der Waals surface area contributed by atoms with Crippen LogP contribution in [-0.2, 0) is 9.47 Å². The molecule has 30 heavy (non-hydrogen) atoms. The number of hydrogen-bond acceptors (Lipinski definition) is 5. The van der Waals surface area contributed by atoms with Crippen molar-refractivity contribution in [3.05, 3.63) is 28.8 Å². The third kappa shape index (κ3) is 8.10. The lowest BCUT2D eigenvalue weighted by Crippen LogP contribution is -2.45. The Kier molecular flexibility index (Phi) is 8.53. The van der Waals surface area contributed by atoms with Crippen LogP contribution in [0.1, 0.15) is 58.8 Å². The molecule has 1 aromatic rings. The van der Waals surface area contributed by atoms with E-state index in [-0.39, 0.29) is 29.4 Å². The van der Waals surface area contributed by atoms with Gasteiger partial charge in [0.05, 0.1) is 11.3 Å². The highest BCUT2D eigenvalue weighted by Crippen LogP contribution is 2.27. The Morgan fingerprint density at radius 1 is 0.967 bits per heavy atom. The van der Waals surface area contributed by atoms with E-state index in [9.17, 15) is 19.5 Å². The molecule has 1 aromatic carbocycles. The summed E-state index contributed by atoms with van der Waals surface area (Å²) in [4.78, 5) is 39.6. The van der Waals surface area contributed by atoms with E-state index in [1.165, 1.54) is 28.0 Å². The van der Waals surface area contributed by atoms with Crippen molar-refractivity contribution in [2.24, 2.45) is 0 Å². The van der Waals surface area contributed by atoms with Crippen molar-refractivity contribution in [2.45, 2.75) is 59.7 Å². The second-order valence-electron chi connectivity index (χ2n) is 8.66. The van der Waals surface area contributed by atoms with Crippen LogP contribution < -0.4 is 4.90 Å². The normalized spacial score (nSPS) is 11.6. The van der Waals surface area contributed by atoms with Crippen molar-refractivity contribution in [1.82, 2.24) is 4.90 Å². The monoisotopic (exact) mass is 442 g/mol. The number of likely N-dealkylation sites (N-methyl/N-ethyl adjacent to an activating group) is 1. The van der Waals surface area contributed by atoms with Crippen LogP contribution in [-0.4, -0.2) is 59.0 Å². The molecule has 2 amide bonds. The fourth-order valence-corrected chi connectivity index (χ4v) is 2.63. The van der Waals surface area contributed by atoms with E-state index < -0.39 is 29.4 Å². The number of hydrogen-bond donors (Lipinski definition) is 1. The number of carboxylic acids is 1. The molecule has 1 rings (SSSR count). The van der Waals surface area contributed by atoms with Gasteiger partial charge in [0.1, 0.15) is 11.2 Å². The molecule has 0 fully saturated rings. The number of carbonyl (C=O) groups excluding carboxylic acids is 2. The van der Waals surface area contributed by atoms with Gasteiger partial charge in [-0.2, -0.15) is 0 Å². The molecule has 0 unspecified atom stereocenters. The van der Waals surface area contributed by atoms with Crippen LogP contribution in [0.25, 0.3) is 0 Å². The minimum absolute atomic E-state index is 0.0113. The molecule has 0 aliphatic rings. The predicted molar refractivity (Wildman–Crippen MR) is 115 cm³/mol. The number of ether oxygens (including phenoxy) is 2. The maximum Gasteiger partial charge on any atom is 0.414 e. The number of rotatable bonds is 6. The average Bonchev–Trinajstić information content (AvgIpc) is 2.55. The molecular formula is C21H31ClN2O6. The molecule has 1 N–H and O–H groups in total. The molecule has 0 heterocycles. The first-order chi connectivity index (χ1) is 13.6. The number of amides is 2. The molecule has 168 valence electrons. The number of halogens is 1. The zero-order chi connectivity index (χ0) is 23.3. The summed E-state index contributed by atoms with van der Waals surface area (Å²) in [5.74, 6) is -1.21. The molecule has 0 spiro atoms. The Morgan fingerprint density at radius 2 is 1.50 bits per heavy atom. The van der Waals surface area contributed by atoms with E-state index >= 15 is 0 Å². The first-order valence-corrected chi connectivity index (χ1v) is 10.0. The Bertz CT molecular complexity index is 783. The highest BCUT2D eigenvalue weighted by Gasteiger charge is 2.29. The lowest BCUT2D eigenvalue weighted by atomic mass is 10.1. The predicted octanol–water partition coefficient (Wildman–Crippen LogP) is 5.04. The summed E-state index contributed by atoms with van der Waals surface area (Å²) in [7, 11) is 0. The zero-order valence-electron chi connectivity index (χ0n) is 18.6. The average molecular weight is 443 g/mol. The van der Waals surface area contributed by atoms with Gasteiger partial charge in [-0.05, 0) is 66.7 Å². The third-order valence-electron chi connectivity index (χ3n) is 3.72. The van der Waals surface area contributed by atoms with Gasteiger partial charge in [0.15, 0.2) is 0 Å². The number of anilines is 1. The number of carbonyl (C=O) groups is 3. The van der Waals surface area contributed by atoms with Crippen molar-refractivity contribution in [3.63, 3.8) is 0 Å². The van der Waals surface area contributed by atoms with Gasteiger partial charge in [-0.15, -0.1) is 0 Å². The Balaban J connectivity index is 3.24. The fraction of sp³-hybridized carbons (Fsp3) is 0.571. The molecule has 0 saturated carbocycles. The van der Waals surface area contributed by atoms with Gasteiger partial charge in [-0.3, -0.25) is 4.90 Å². The van der Waals surface area contributed by atoms with E-state index in [0.717, 1.165) is 0 Å². The number of nitrogens with zero attached hydrogens (tertiary/aromatic N) is 2. The van der Waals surface area contributed by atoms with Crippen LogP contribution >= 0.6 is 11.6 Å². The Hall–Kier alpha value is -2.48. The van der Waals surface area contributed by atoms with Crippen LogP contribution in [0.3, 0.4) is 0 Å². The second kappa shape index (κ2) is 10.0. The number of carboxylic acid groups (broad SMARTS) is 1. The molecule has 9 heteroatoms. The van der Waals surface area contributed by atoms with Crippen LogP contribution in [0.15, 0.2) is 18.2 Å². The van der Waals surface area contributed by atoms with Crippen molar-refractivity contribution in [3.8, 4) is 0 Å². The summed E-state index contributed by atoms with van der Waals surface area (Å²) >= 11 is 6.06. The lowest BCUT2D eigenvalue weighted by molar-refractivity contribution is 0.0257. The van der Waals surface area contributed by atoms with E-state index in [1.807, 2.05) is 0 Å². The summed E-state index contributed by atoms with van der Waals surface area (Å²) in [6.07, 6.45) is -1.27. The molecule has 0 atom stereocenters. The summed E-state index contributed by atoms with van der Waals surface area (Å²) in [5, 5.41) is 9.82. The van der Waals surface area contributed by atoms with E-state index in [2.05, 4.69) is 0 Å². The first-order valence-electron chi connectivity index (χ1n) is 9.66. The van der Waals surface area contributed by atoms with Gasteiger partial charge < -0.3 is 19.5 Å². The van der Waals surface area contributed by atoms with Crippen molar-refractivity contribution in [2.75, 3.05) is 24.5 Å². The van der Waals surface area contributed by atoms with Crippen molar-refractivity contribution >= 4 is 35.4 Å². The summed E-state index contributed by atoms with van der Waals surface area (Å²) in [5.41, 5.74) is -1.49. The molecular weight excluding hydrogens is 412 g/mol. The van der Waals surface area contributed by atoms with Gasteiger partial charge in [0.2, 0.25) is 0 Å². The van der Waals surface area contributed by atoms with Crippen molar-refractivity contribution < 1.29 is 29.0 Å². The smallest absolute Gasteiger partial charge is 0.414 e. The zero-order valence-corrected chi connectivity index (χ0v) is 19.4. The van der Waals surface area contributed by atoms with Gasteiger partial charge in [-0.1, -0.05) is 11.6 Å². The molecule has 0 saturated heterocycles. The van der Waals surface area contributed by atoms with Gasteiger partial charge in [0, 0.05) is 24.7 Å². The standard InChI is InChI=1S/C21H31ClN2O6/c1-8-23(18(27)29-20(2,3)4)11-12-24(19(28)30-21(5,6)7)16-13-14(22)9-10-15(16)17(25)26/h9-10,13H,8,11-12H2,1-7H3,(H,25,26). The van der Waals surface area contributed by atoms with Gasteiger partial charge >= 0.3 is 18.2 Å². The SMILES string of the molecule is CCN(CCN(C(=O)OC(C)(C)C)c1cc(Cl)ccc1C(=O)O)C(=O)OC(C)(C)C. The molecule has 0 aromatic heterocycles. The highest BCUT2D eigenvalue weighted by atomic mass is 35.5. The Morgan fingerprint density at radius 3 is 1.97 bits per heavy atom. The lowest BCUT2D eigenvalue weighted by Gasteiger charge is -2.31. The minimum atomic E-state index is -1.21. The maximum atomic E-state index is 12.9. The summed E-state index contributed by atoms with van der Waals surface area (Å²) in [6, 6.07) is 4.14. The van der Waals surface area contributed by atoms with Crippen LogP contribution in [0.4, 0.5) is 15.3 Å². The number of benzene rings is 1. The number of aromatic carboxylic acids is 1. The highest BCUT2D eigenvalue weighted by molar-refractivity contribution is 6.31. The van der Waals surface area contributed by atoms with E-state index in [0.29, 0.717) is 6.54 Å². The minimum Gasteiger partial charge on any atom is -0.478 e. The van der Waals surface area contributed by atoms with Gasteiger partial charge in [-0.25, -0.2) is 14.4 Å². The summed E-state index contributed by atoms with van der Waals surface area (Å²) < 4.78 is 10.8. The second-order valence-corrected chi connectivity index (χ2v) is 9.10. The molecule has 0 aliphatic heterocycles. The van der Waals surface area contributed by atoms with Gasteiger partial charge in [0.25, 0.3) is 0 Å². The topological polar surface area (TPSA) is 96.4 Å².